The van der Waals surface area contributed by atoms with E-state index in [-0.39, 0.29) is 0 Å². The van der Waals surface area contributed by atoms with Gasteiger partial charge in [-0.15, -0.1) is 0 Å². The van der Waals surface area contributed by atoms with Crippen LogP contribution >= 0.6 is 0 Å². The molecule has 1 spiro atoms. The first-order valence-corrected chi connectivity index (χ1v) is 5.80. The van der Waals surface area contributed by atoms with Crippen LogP contribution in [0.1, 0.15) is 30.4 Å². The maximum atomic E-state index is 4.22. The first kappa shape index (κ1) is 9.17. The summed E-state index contributed by atoms with van der Waals surface area (Å²) in [7, 11) is 0. The molecule has 1 heteroatoms. The topological polar surface area (TPSA) is 12.0 Å². The van der Waals surface area contributed by atoms with Crippen molar-refractivity contribution in [1.82, 2.24) is 5.32 Å². The normalized spacial score (nSPS) is 23.1. The van der Waals surface area contributed by atoms with E-state index >= 15 is 0 Å². The van der Waals surface area contributed by atoms with E-state index < -0.39 is 0 Å². The molecule has 1 heterocycles. The van der Waals surface area contributed by atoms with Gasteiger partial charge in [0.25, 0.3) is 0 Å². The monoisotopic (exact) mass is 199 g/mol. The molecule has 3 rings (SSSR count). The number of allylic oxidation sites excluding steroid dienone is 1. The Morgan fingerprint density at radius 1 is 1.13 bits per heavy atom. The van der Waals surface area contributed by atoms with E-state index in [2.05, 4.69) is 36.2 Å². The van der Waals surface area contributed by atoms with Crippen molar-refractivity contribution >= 4 is 5.57 Å². The lowest BCUT2D eigenvalue weighted by atomic mass is 9.74. The Kier molecular flexibility index (Phi) is 1.96. The molecule has 1 saturated heterocycles. The van der Waals surface area contributed by atoms with E-state index in [1.54, 1.807) is 5.56 Å². The van der Waals surface area contributed by atoms with Gasteiger partial charge in [-0.3, -0.25) is 0 Å². The minimum Gasteiger partial charge on any atom is -0.317 e. The predicted molar refractivity (Wildman–Crippen MR) is 63.9 cm³/mol. The first-order valence-electron chi connectivity index (χ1n) is 5.80. The molecule has 2 aliphatic rings. The molecular formula is C14H17N. The van der Waals surface area contributed by atoms with Gasteiger partial charge in [0.1, 0.15) is 0 Å². The SMILES string of the molecule is C=C1CC2(CCNCC2)c2ccccc21. The van der Waals surface area contributed by atoms with Gasteiger partial charge < -0.3 is 5.32 Å². The molecule has 1 N–H and O–H groups in total. The molecule has 0 aromatic heterocycles. The highest BCUT2D eigenvalue weighted by Gasteiger charge is 2.40. The van der Waals surface area contributed by atoms with E-state index in [9.17, 15) is 0 Å². The Hall–Kier alpha value is -1.08. The molecule has 0 radical (unpaired) electrons. The van der Waals surface area contributed by atoms with Crippen LogP contribution in [-0.2, 0) is 5.41 Å². The minimum absolute atomic E-state index is 0.416. The maximum Gasteiger partial charge on any atom is 0.00235 e. The number of hydrogen-bond donors (Lipinski definition) is 1. The van der Waals surface area contributed by atoms with Gasteiger partial charge in [-0.1, -0.05) is 30.8 Å². The largest absolute Gasteiger partial charge is 0.317 e. The van der Waals surface area contributed by atoms with Crippen LogP contribution in [0.5, 0.6) is 0 Å². The molecule has 0 saturated carbocycles. The lowest BCUT2D eigenvalue weighted by molar-refractivity contribution is 0.322. The predicted octanol–water partition coefficient (Wildman–Crippen LogP) is 2.72. The highest BCUT2D eigenvalue weighted by Crippen LogP contribution is 2.49. The van der Waals surface area contributed by atoms with Gasteiger partial charge in [-0.2, -0.15) is 0 Å². The Balaban J connectivity index is 2.10. The molecule has 1 nitrogen and oxygen atoms in total. The average molecular weight is 199 g/mol. The highest BCUT2D eigenvalue weighted by atomic mass is 14.9. The molecule has 1 aliphatic heterocycles. The van der Waals surface area contributed by atoms with Crippen molar-refractivity contribution in [3.8, 4) is 0 Å². The third-order valence-corrected chi connectivity index (χ3v) is 3.99. The Morgan fingerprint density at radius 3 is 2.67 bits per heavy atom. The summed E-state index contributed by atoms with van der Waals surface area (Å²) in [5.74, 6) is 0. The second-order valence-corrected chi connectivity index (χ2v) is 4.86. The molecule has 0 amide bonds. The zero-order chi connectivity index (χ0) is 10.3. The van der Waals surface area contributed by atoms with Crippen molar-refractivity contribution in [3.05, 3.63) is 42.0 Å². The van der Waals surface area contributed by atoms with Crippen molar-refractivity contribution < 1.29 is 0 Å². The number of rotatable bonds is 0. The average Bonchev–Trinajstić information content (AvgIpc) is 2.55. The summed E-state index contributed by atoms with van der Waals surface area (Å²) in [6, 6.07) is 8.83. The number of nitrogens with one attached hydrogen (secondary N) is 1. The quantitative estimate of drug-likeness (QED) is 0.677. The van der Waals surface area contributed by atoms with E-state index in [4.69, 9.17) is 0 Å². The molecule has 1 aromatic rings. The van der Waals surface area contributed by atoms with Crippen molar-refractivity contribution in [2.75, 3.05) is 13.1 Å². The summed E-state index contributed by atoms with van der Waals surface area (Å²) in [6.07, 6.45) is 3.71. The summed E-state index contributed by atoms with van der Waals surface area (Å²) >= 11 is 0. The van der Waals surface area contributed by atoms with Crippen molar-refractivity contribution in [2.45, 2.75) is 24.7 Å². The van der Waals surface area contributed by atoms with Gasteiger partial charge in [0.15, 0.2) is 0 Å². The smallest absolute Gasteiger partial charge is 0.00235 e. The molecule has 0 atom stereocenters. The van der Waals surface area contributed by atoms with E-state index in [1.807, 2.05) is 0 Å². The molecule has 0 unspecified atom stereocenters. The fourth-order valence-corrected chi connectivity index (χ4v) is 3.20. The van der Waals surface area contributed by atoms with Crippen LogP contribution < -0.4 is 5.32 Å². The number of piperidine rings is 1. The van der Waals surface area contributed by atoms with Gasteiger partial charge in [0, 0.05) is 5.41 Å². The van der Waals surface area contributed by atoms with Crippen molar-refractivity contribution in [2.24, 2.45) is 0 Å². The van der Waals surface area contributed by atoms with Gasteiger partial charge in [-0.05, 0) is 49.1 Å². The standard InChI is InChI=1S/C14H17N/c1-11-10-14(6-8-15-9-7-14)13-5-3-2-4-12(11)13/h2-5,15H,1,6-10H2. The maximum absolute atomic E-state index is 4.22. The Morgan fingerprint density at radius 2 is 1.87 bits per heavy atom. The molecular weight excluding hydrogens is 182 g/mol. The van der Waals surface area contributed by atoms with Gasteiger partial charge in [-0.25, -0.2) is 0 Å². The number of hydrogen-bond acceptors (Lipinski definition) is 1. The van der Waals surface area contributed by atoms with Crippen LogP contribution in [0, 0.1) is 0 Å². The molecule has 15 heavy (non-hydrogen) atoms. The van der Waals surface area contributed by atoms with Gasteiger partial charge in [0.2, 0.25) is 0 Å². The zero-order valence-electron chi connectivity index (χ0n) is 9.05. The Labute approximate surface area is 91.2 Å². The summed E-state index contributed by atoms with van der Waals surface area (Å²) in [6.45, 7) is 6.53. The molecule has 1 aromatic carbocycles. The summed E-state index contributed by atoms with van der Waals surface area (Å²) in [4.78, 5) is 0. The fourth-order valence-electron chi connectivity index (χ4n) is 3.20. The van der Waals surface area contributed by atoms with Crippen LogP contribution in [0.3, 0.4) is 0 Å². The lowest BCUT2D eigenvalue weighted by Crippen LogP contribution is -2.38. The minimum atomic E-state index is 0.416. The lowest BCUT2D eigenvalue weighted by Gasteiger charge is -2.34. The van der Waals surface area contributed by atoms with Crippen molar-refractivity contribution in [3.63, 3.8) is 0 Å². The first-order chi connectivity index (χ1) is 7.32. The summed E-state index contributed by atoms with van der Waals surface area (Å²) in [5, 5.41) is 3.45. The molecule has 1 aliphatic carbocycles. The number of fused-ring (bicyclic) bond motifs is 2. The van der Waals surface area contributed by atoms with Crippen molar-refractivity contribution in [1.29, 1.82) is 0 Å². The second-order valence-electron chi connectivity index (χ2n) is 4.86. The van der Waals surface area contributed by atoms with E-state index in [1.165, 1.54) is 30.4 Å². The molecule has 1 fully saturated rings. The Bertz CT molecular complexity index is 400. The van der Waals surface area contributed by atoms with Gasteiger partial charge in [0.05, 0.1) is 0 Å². The second kappa shape index (κ2) is 3.21. The molecule has 0 bridgehead atoms. The number of benzene rings is 1. The third-order valence-electron chi connectivity index (χ3n) is 3.99. The van der Waals surface area contributed by atoms with Crippen LogP contribution in [-0.4, -0.2) is 13.1 Å². The summed E-state index contributed by atoms with van der Waals surface area (Å²) in [5.41, 5.74) is 4.72. The van der Waals surface area contributed by atoms with E-state index in [0.29, 0.717) is 5.41 Å². The van der Waals surface area contributed by atoms with Crippen LogP contribution in [0.15, 0.2) is 30.8 Å². The van der Waals surface area contributed by atoms with Gasteiger partial charge >= 0.3 is 0 Å². The highest BCUT2D eigenvalue weighted by molar-refractivity contribution is 5.74. The summed E-state index contributed by atoms with van der Waals surface area (Å²) < 4.78 is 0. The van der Waals surface area contributed by atoms with Crippen LogP contribution in [0.25, 0.3) is 5.57 Å². The fraction of sp³-hybridized carbons (Fsp3) is 0.429. The van der Waals surface area contributed by atoms with Crippen LogP contribution in [0.2, 0.25) is 0 Å². The molecule has 78 valence electrons. The zero-order valence-corrected chi connectivity index (χ0v) is 9.05. The third kappa shape index (κ3) is 1.26. The van der Waals surface area contributed by atoms with Crippen LogP contribution in [0.4, 0.5) is 0 Å². The van der Waals surface area contributed by atoms with E-state index in [0.717, 1.165) is 13.1 Å².